The summed E-state index contributed by atoms with van der Waals surface area (Å²) >= 11 is 0. The SMILES string of the molecule is COC(=O)COc1ccc2c(c1)C(=Nc1ccc(OC)cc1)CCC2.COCCOc1ccc2c(c1)C(=Nc1ccc(OC)cc1)CCC2.COc1ccc(N=C2CCCCc3ccccc32)cc1.COc1ccc(N=C2CCCc3ccc(OC)cc32)cc1. The van der Waals surface area contributed by atoms with Gasteiger partial charge in [0.1, 0.15) is 46.9 Å². The van der Waals surface area contributed by atoms with Gasteiger partial charge in [0.05, 0.1) is 72.0 Å². The number of hydrogen-bond donors (Lipinski definition) is 0. The maximum absolute atomic E-state index is 11.3. The molecule has 466 valence electrons. The Bertz CT molecular complexity index is 3740. The lowest BCUT2D eigenvalue weighted by molar-refractivity contribution is -0.142. The largest absolute Gasteiger partial charge is 0.497 e. The molecule has 4 aliphatic rings. The van der Waals surface area contributed by atoms with Gasteiger partial charge in [-0.05, 0) is 245 Å². The molecule has 90 heavy (non-hydrogen) atoms. The quantitative estimate of drug-likeness (QED) is 0.0520. The minimum atomic E-state index is -0.398. The molecule has 0 bridgehead atoms. The van der Waals surface area contributed by atoms with Crippen molar-refractivity contribution in [3.8, 4) is 40.2 Å². The summed E-state index contributed by atoms with van der Waals surface area (Å²) in [5.74, 6) is 5.38. The minimum Gasteiger partial charge on any atom is -0.497 e. The molecule has 0 aliphatic heterocycles. The van der Waals surface area contributed by atoms with Crippen LogP contribution >= 0.6 is 0 Å². The highest BCUT2D eigenvalue weighted by atomic mass is 16.6. The second kappa shape index (κ2) is 33.7. The zero-order valence-corrected chi connectivity index (χ0v) is 52.9. The van der Waals surface area contributed by atoms with Crippen molar-refractivity contribution in [1.29, 1.82) is 0 Å². The first-order valence-electron chi connectivity index (χ1n) is 30.9. The molecule has 0 amide bonds. The van der Waals surface area contributed by atoms with Crippen molar-refractivity contribution >= 4 is 51.6 Å². The Morgan fingerprint density at radius 2 is 0.644 bits per heavy atom. The Hall–Kier alpha value is -9.53. The molecule has 0 heterocycles. The number of esters is 1. The summed E-state index contributed by atoms with van der Waals surface area (Å²) in [4.78, 5) is 30.6. The smallest absolute Gasteiger partial charge is 0.343 e. The summed E-state index contributed by atoms with van der Waals surface area (Å²) in [7, 11) is 11.4. The second-order valence-corrected chi connectivity index (χ2v) is 21.8. The number of aryl methyl sites for hydroxylation is 4. The van der Waals surface area contributed by atoms with E-state index in [0.717, 1.165) is 151 Å². The van der Waals surface area contributed by atoms with Gasteiger partial charge in [0.25, 0.3) is 0 Å². The Morgan fingerprint density at radius 1 is 0.322 bits per heavy atom. The Balaban J connectivity index is 0.000000143. The standard InChI is InChI=1S/C20H21NO4.C20H23NO3.C18H19NO2.C18H19NO/c1-23-16-10-7-15(8-11-16)21-19-5-3-4-14-6-9-17(12-18(14)19)25-13-20(22)24-2;1-22-12-13-24-18-9-6-15-4-3-5-20(19(15)14-18)21-16-7-10-17(23-2)11-8-16;1-20-15-10-7-14(8-11-15)19-18-5-3-4-13-6-9-16(21-2)12-17(13)18;1-20-16-12-10-15(11-13-16)19-18-9-5-3-7-14-6-2-4-8-17(14)18/h6-12H,3-5,13H2,1-2H3;6-11,14H,3-5,12-13H2,1-2H3;6-12H,3-5H2,1-2H3;2,4,6,8,10-13H,3,5,7,9H2,1H3. The number of carbonyl (C=O) groups excluding carboxylic acids is 1. The van der Waals surface area contributed by atoms with E-state index < -0.39 is 5.97 Å². The molecule has 8 aromatic carbocycles. The molecule has 8 aromatic rings. The van der Waals surface area contributed by atoms with E-state index in [2.05, 4.69) is 53.3 Å². The molecule has 0 aromatic heterocycles. The minimum absolute atomic E-state index is 0.0970. The average molecular weight is 1210 g/mol. The normalized spacial score (nSPS) is 15.5. The molecule has 14 heteroatoms. The predicted molar refractivity (Wildman–Crippen MR) is 360 cm³/mol. The van der Waals surface area contributed by atoms with Gasteiger partial charge in [-0.2, -0.15) is 0 Å². The third kappa shape index (κ3) is 18.5. The van der Waals surface area contributed by atoms with Crippen molar-refractivity contribution in [1.82, 2.24) is 0 Å². The predicted octanol–water partition coefficient (Wildman–Crippen LogP) is 16.6. The summed E-state index contributed by atoms with van der Waals surface area (Å²) < 4.78 is 47.0. The first kappa shape index (κ1) is 64.9. The van der Waals surface area contributed by atoms with Gasteiger partial charge in [-0.1, -0.05) is 42.5 Å². The topological polar surface area (TPSA) is 150 Å². The van der Waals surface area contributed by atoms with Crippen LogP contribution in [0.15, 0.2) is 196 Å². The summed E-state index contributed by atoms with van der Waals surface area (Å²) in [6, 6.07) is 58.4. The third-order valence-corrected chi connectivity index (χ3v) is 15.9. The van der Waals surface area contributed by atoms with Crippen LogP contribution in [-0.2, 0) is 40.0 Å². The summed E-state index contributed by atoms with van der Waals surface area (Å²) in [5.41, 5.74) is 18.5. The highest BCUT2D eigenvalue weighted by Gasteiger charge is 2.20. The van der Waals surface area contributed by atoms with E-state index in [9.17, 15) is 4.79 Å². The maximum atomic E-state index is 11.3. The molecular formula is C76H82N4O10. The van der Waals surface area contributed by atoms with Crippen molar-refractivity contribution in [2.24, 2.45) is 20.0 Å². The van der Waals surface area contributed by atoms with E-state index >= 15 is 0 Å². The van der Waals surface area contributed by atoms with Crippen molar-refractivity contribution in [2.45, 2.75) is 83.5 Å². The van der Waals surface area contributed by atoms with Gasteiger partial charge >= 0.3 is 5.97 Å². The van der Waals surface area contributed by atoms with E-state index in [1.807, 2.05) is 127 Å². The molecule has 0 N–H and O–H groups in total. The van der Waals surface area contributed by atoms with Gasteiger partial charge in [0.15, 0.2) is 6.61 Å². The van der Waals surface area contributed by atoms with Crippen LogP contribution in [-0.4, -0.2) is 98.4 Å². The number of rotatable bonds is 16. The molecule has 4 aliphatic carbocycles. The number of aliphatic imine (C=N–C) groups is 4. The number of methoxy groups -OCH3 is 7. The van der Waals surface area contributed by atoms with Crippen LogP contribution in [0, 0.1) is 0 Å². The van der Waals surface area contributed by atoms with E-state index in [1.165, 1.54) is 64.6 Å². The fraction of sp³-hybridized carbons (Fsp3) is 0.303. The Kier molecular flexibility index (Phi) is 24.3. The average Bonchev–Trinajstić information content (AvgIpc) is 1.40. The van der Waals surface area contributed by atoms with Crippen LogP contribution < -0.4 is 33.2 Å². The maximum Gasteiger partial charge on any atom is 0.343 e. The molecular weight excluding hydrogens is 1130 g/mol. The van der Waals surface area contributed by atoms with Gasteiger partial charge in [-0.15, -0.1) is 0 Å². The highest BCUT2D eigenvalue weighted by molar-refractivity contribution is 6.06. The van der Waals surface area contributed by atoms with E-state index in [-0.39, 0.29) is 6.61 Å². The molecule has 0 saturated carbocycles. The van der Waals surface area contributed by atoms with Crippen LogP contribution in [0.25, 0.3) is 0 Å². The van der Waals surface area contributed by atoms with Crippen LogP contribution in [0.3, 0.4) is 0 Å². The lowest BCUT2D eigenvalue weighted by Crippen LogP contribution is -2.15. The monoisotopic (exact) mass is 1210 g/mol. The van der Waals surface area contributed by atoms with Crippen LogP contribution in [0.4, 0.5) is 22.7 Å². The lowest BCUT2D eigenvalue weighted by atomic mass is 9.90. The van der Waals surface area contributed by atoms with Crippen molar-refractivity contribution < 1.29 is 47.4 Å². The van der Waals surface area contributed by atoms with Crippen molar-refractivity contribution in [2.75, 3.05) is 69.6 Å². The van der Waals surface area contributed by atoms with Crippen LogP contribution in [0.1, 0.15) is 102 Å². The van der Waals surface area contributed by atoms with Gasteiger partial charge in [0.2, 0.25) is 0 Å². The number of hydrogen-bond acceptors (Lipinski definition) is 14. The second-order valence-electron chi connectivity index (χ2n) is 21.8. The fourth-order valence-corrected chi connectivity index (χ4v) is 11.1. The first-order chi connectivity index (χ1) is 44.1. The Morgan fingerprint density at radius 3 is 1.04 bits per heavy atom. The molecule has 0 spiro atoms. The summed E-state index contributed by atoms with van der Waals surface area (Å²) in [6.07, 6.45) is 14.2. The van der Waals surface area contributed by atoms with Gasteiger partial charge < -0.3 is 42.6 Å². The molecule has 0 radical (unpaired) electrons. The van der Waals surface area contributed by atoms with Crippen molar-refractivity contribution in [3.63, 3.8) is 0 Å². The summed E-state index contributed by atoms with van der Waals surface area (Å²) in [5, 5.41) is 0. The zero-order chi connectivity index (χ0) is 62.9. The molecule has 14 nitrogen and oxygen atoms in total. The lowest BCUT2D eigenvalue weighted by Gasteiger charge is -2.19. The van der Waals surface area contributed by atoms with Crippen LogP contribution in [0.5, 0.6) is 40.2 Å². The fourth-order valence-electron chi connectivity index (χ4n) is 11.1. The molecule has 0 atom stereocenters. The molecule has 0 unspecified atom stereocenters. The molecule has 0 fully saturated rings. The number of fused-ring (bicyclic) bond motifs is 4. The highest BCUT2D eigenvalue weighted by Crippen LogP contribution is 2.33. The number of nitrogens with zero attached hydrogens (tertiary/aromatic N) is 4. The van der Waals surface area contributed by atoms with Gasteiger partial charge in [-0.25, -0.2) is 4.79 Å². The number of ether oxygens (including phenoxy) is 9. The van der Waals surface area contributed by atoms with E-state index in [4.69, 9.17) is 57.9 Å². The number of carbonyl (C=O) groups is 1. The molecule has 0 saturated heterocycles. The van der Waals surface area contributed by atoms with Gasteiger partial charge in [0, 0.05) is 46.6 Å². The first-order valence-corrected chi connectivity index (χ1v) is 30.9. The third-order valence-electron chi connectivity index (χ3n) is 15.9. The summed E-state index contributed by atoms with van der Waals surface area (Å²) in [6.45, 7) is 1.05. The van der Waals surface area contributed by atoms with Gasteiger partial charge in [-0.3, -0.25) is 20.0 Å². The van der Waals surface area contributed by atoms with E-state index in [1.54, 1.807) is 42.7 Å². The molecule has 12 rings (SSSR count). The van der Waals surface area contributed by atoms with Crippen molar-refractivity contribution in [3.05, 3.63) is 220 Å². The Labute approximate surface area is 530 Å². The zero-order valence-electron chi connectivity index (χ0n) is 52.9. The van der Waals surface area contributed by atoms with Crippen LogP contribution in [0.2, 0.25) is 0 Å². The van der Waals surface area contributed by atoms with E-state index in [0.29, 0.717) is 19.0 Å². The number of benzene rings is 8.